The van der Waals surface area contributed by atoms with Crippen molar-refractivity contribution in [3.05, 3.63) is 53.6 Å². The maximum absolute atomic E-state index is 12.2. The van der Waals surface area contributed by atoms with Crippen LogP contribution in [0, 0.1) is 0 Å². The lowest BCUT2D eigenvalue weighted by Crippen LogP contribution is -2.33. The largest absolute Gasteiger partial charge is 0.486 e. The highest BCUT2D eigenvalue weighted by Gasteiger charge is 2.34. The number of hydrogen-bond donors (Lipinski definition) is 0. The number of nitrogens with zero attached hydrogens (tertiary/aromatic N) is 1. The number of thioether (sulfide) groups is 1. The summed E-state index contributed by atoms with van der Waals surface area (Å²) in [7, 11) is 0. The number of rotatable bonds is 6. The van der Waals surface area contributed by atoms with Crippen LogP contribution in [0.1, 0.15) is 20.7 Å². The molecule has 7 nitrogen and oxygen atoms in total. The highest BCUT2D eigenvalue weighted by Crippen LogP contribution is 2.34. The molecule has 0 aromatic heterocycles. The van der Waals surface area contributed by atoms with E-state index in [-0.39, 0.29) is 30.7 Å². The highest BCUT2D eigenvalue weighted by atomic mass is 32.2. The van der Waals surface area contributed by atoms with Gasteiger partial charge in [-0.3, -0.25) is 19.3 Å². The van der Waals surface area contributed by atoms with E-state index in [4.69, 9.17) is 14.2 Å². The number of benzene rings is 2. The van der Waals surface area contributed by atoms with E-state index in [0.29, 0.717) is 35.8 Å². The van der Waals surface area contributed by atoms with Gasteiger partial charge in [0.25, 0.3) is 11.8 Å². The summed E-state index contributed by atoms with van der Waals surface area (Å²) in [6, 6.07) is 12.1. The van der Waals surface area contributed by atoms with Crippen LogP contribution in [0.3, 0.4) is 0 Å². The fourth-order valence-electron chi connectivity index (χ4n) is 2.99. The monoisotopic (exact) mass is 399 g/mol. The van der Waals surface area contributed by atoms with Crippen LogP contribution in [0.2, 0.25) is 0 Å². The molecule has 0 spiro atoms. The summed E-state index contributed by atoms with van der Waals surface area (Å²) in [6.07, 6.45) is 0. The smallest absolute Gasteiger partial charge is 0.316 e. The van der Waals surface area contributed by atoms with Crippen LogP contribution in [-0.2, 0) is 9.53 Å². The van der Waals surface area contributed by atoms with Gasteiger partial charge in [-0.25, -0.2) is 0 Å². The fourth-order valence-corrected chi connectivity index (χ4v) is 3.71. The van der Waals surface area contributed by atoms with Crippen LogP contribution in [0.15, 0.2) is 47.4 Å². The lowest BCUT2D eigenvalue weighted by molar-refractivity contribution is -0.140. The molecule has 8 heteroatoms. The second-order valence-electron chi connectivity index (χ2n) is 6.12. The molecule has 0 radical (unpaired) electrons. The minimum atomic E-state index is -0.420. The Morgan fingerprint density at radius 1 is 1.00 bits per heavy atom. The van der Waals surface area contributed by atoms with Crippen LogP contribution in [0.4, 0.5) is 0 Å². The average molecular weight is 399 g/mol. The van der Waals surface area contributed by atoms with Crippen molar-refractivity contribution >= 4 is 29.5 Å². The Morgan fingerprint density at radius 3 is 2.39 bits per heavy atom. The van der Waals surface area contributed by atoms with Gasteiger partial charge in [0.15, 0.2) is 11.5 Å². The van der Waals surface area contributed by atoms with Crippen molar-refractivity contribution in [1.82, 2.24) is 4.90 Å². The van der Waals surface area contributed by atoms with Gasteiger partial charge in [0.2, 0.25) is 0 Å². The van der Waals surface area contributed by atoms with E-state index in [0.717, 1.165) is 9.80 Å². The van der Waals surface area contributed by atoms with E-state index in [1.165, 1.54) is 11.8 Å². The molecule has 144 valence electrons. The van der Waals surface area contributed by atoms with Crippen molar-refractivity contribution < 1.29 is 28.6 Å². The maximum atomic E-state index is 12.2. The van der Waals surface area contributed by atoms with Crippen LogP contribution < -0.4 is 9.47 Å². The Bertz CT molecular complexity index is 909. The Morgan fingerprint density at radius 2 is 1.68 bits per heavy atom. The van der Waals surface area contributed by atoms with Gasteiger partial charge < -0.3 is 14.2 Å². The first kappa shape index (κ1) is 18.4. The van der Waals surface area contributed by atoms with E-state index in [1.54, 1.807) is 24.3 Å². The zero-order valence-corrected chi connectivity index (χ0v) is 15.7. The molecule has 2 heterocycles. The topological polar surface area (TPSA) is 82.1 Å². The first-order valence-electron chi connectivity index (χ1n) is 8.77. The molecular formula is C20H17NO6S. The molecule has 28 heavy (non-hydrogen) atoms. The van der Waals surface area contributed by atoms with Gasteiger partial charge in [-0.1, -0.05) is 12.1 Å². The minimum absolute atomic E-state index is 0.0345. The van der Waals surface area contributed by atoms with Gasteiger partial charge in [-0.05, 0) is 30.3 Å². The first-order chi connectivity index (χ1) is 13.6. The van der Waals surface area contributed by atoms with Gasteiger partial charge >= 0.3 is 5.97 Å². The number of imide groups is 1. The minimum Gasteiger partial charge on any atom is -0.486 e. The number of carbonyl (C=O) groups excluding carboxylic acids is 3. The lowest BCUT2D eigenvalue weighted by Gasteiger charge is -2.18. The van der Waals surface area contributed by atoms with E-state index in [2.05, 4.69) is 0 Å². The van der Waals surface area contributed by atoms with Crippen molar-refractivity contribution in [1.29, 1.82) is 0 Å². The summed E-state index contributed by atoms with van der Waals surface area (Å²) in [5.74, 6) is 0.331. The molecule has 4 rings (SSSR count). The Balaban J connectivity index is 1.24. The highest BCUT2D eigenvalue weighted by molar-refractivity contribution is 8.00. The van der Waals surface area contributed by atoms with Crippen LogP contribution in [0.25, 0.3) is 0 Å². The molecule has 0 unspecified atom stereocenters. The predicted octanol–water partition coefficient (Wildman–Crippen LogP) is 2.39. The van der Waals surface area contributed by atoms with Gasteiger partial charge in [-0.2, -0.15) is 0 Å². The summed E-state index contributed by atoms with van der Waals surface area (Å²) in [6.45, 7) is 1.03. The quantitative estimate of drug-likeness (QED) is 0.419. The molecule has 0 atom stereocenters. The number of amides is 2. The SMILES string of the molecule is O=C(CSc1ccc2c(c1)OCCO2)OCCN1C(=O)c2ccccc2C1=O. The molecule has 0 saturated heterocycles. The molecule has 2 aliphatic heterocycles. The van der Waals surface area contributed by atoms with Crippen molar-refractivity contribution in [2.75, 3.05) is 32.1 Å². The standard InChI is InChI=1S/C20H17NO6S/c22-18(12-28-13-5-6-16-17(11-13)26-10-9-25-16)27-8-7-21-19(23)14-3-1-2-4-15(14)20(21)24/h1-6,11H,7-10,12H2. The second-order valence-corrected chi connectivity index (χ2v) is 7.17. The summed E-state index contributed by atoms with van der Waals surface area (Å²) >= 11 is 1.32. The molecule has 0 fully saturated rings. The summed E-state index contributed by atoms with van der Waals surface area (Å²) in [4.78, 5) is 38.4. The molecule has 0 saturated carbocycles. The lowest BCUT2D eigenvalue weighted by atomic mass is 10.1. The van der Waals surface area contributed by atoms with Gasteiger partial charge in [0, 0.05) is 4.90 Å². The number of hydrogen-bond acceptors (Lipinski definition) is 7. The molecule has 0 bridgehead atoms. The molecule has 2 amide bonds. The summed E-state index contributed by atoms with van der Waals surface area (Å²) in [5.41, 5.74) is 0.765. The van der Waals surface area contributed by atoms with Crippen molar-refractivity contribution in [2.45, 2.75) is 4.90 Å². The zero-order chi connectivity index (χ0) is 19.5. The Labute approximate surface area is 165 Å². The van der Waals surface area contributed by atoms with Gasteiger partial charge in [0.05, 0.1) is 23.4 Å². The third kappa shape index (κ3) is 3.68. The van der Waals surface area contributed by atoms with Crippen molar-refractivity contribution in [3.63, 3.8) is 0 Å². The van der Waals surface area contributed by atoms with Gasteiger partial charge in [-0.15, -0.1) is 11.8 Å². The summed E-state index contributed by atoms with van der Waals surface area (Å²) < 4.78 is 16.1. The van der Waals surface area contributed by atoms with Gasteiger partial charge in [0.1, 0.15) is 19.8 Å². The molecule has 0 aliphatic carbocycles. The molecule has 0 N–H and O–H groups in total. The molecular weight excluding hydrogens is 382 g/mol. The zero-order valence-electron chi connectivity index (χ0n) is 14.9. The average Bonchev–Trinajstić information content (AvgIpc) is 2.97. The maximum Gasteiger partial charge on any atom is 0.316 e. The molecule has 2 aliphatic rings. The summed E-state index contributed by atoms with van der Waals surface area (Å²) in [5, 5.41) is 0. The molecule has 2 aromatic carbocycles. The number of fused-ring (bicyclic) bond motifs is 2. The third-order valence-electron chi connectivity index (χ3n) is 4.33. The van der Waals surface area contributed by atoms with Crippen molar-refractivity contribution in [2.24, 2.45) is 0 Å². The fraction of sp³-hybridized carbons (Fsp3) is 0.250. The number of esters is 1. The first-order valence-corrected chi connectivity index (χ1v) is 9.75. The number of carbonyl (C=O) groups is 3. The Kier molecular flexibility index (Phi) is 5.21. The van der Waals surface area contributed by atoms with E-state index in [1.807, 2.05) is 18.2 Å². The molecule has 2 aromatic rings. The van der Waals surface area contributed by atoms with E-state index >= 15 is 0 Å². The normalized spacial score (nSPS) is 14.8. The van der Waals surface area contributed by atoms with Crippen molar-refractivity contribution in [3.8, 4) is 11.5 Å². The third-order valence-corrected chi connectivity index (χ3v) is 5.29. The number of ether oxygens (including phenoxy) is 3. The van der Waals surface area contributed by atoms with Crippen LogP contribution in [-0.4, -0.2) is 54.8 Å². The van der Waals surface area contributed by atoms with E-state index in [9.17, 15) is 14.4 Å². The van der Waals surface area contributed by atoms with E-state index < -0.39 is 5.97 Å². The predicted molar refractivity (Wildman–Crippen MR) is 101 cm³/mol. The second kappa shape index (κ2) is 7.93. The Hall–Kier alpha value is -3.00. The van der Waals surface area contributed by atoms with Crippen LogP contribution in [0.5, 0.6) is 11.5 Å². The van der Waals surface area contributed by atoms with Crippen LogP contribution >= 0.6 is 11.8 Å².